The Morgan fingerprint density at radius 3 is 1.12 bits per heavy atom. The normalized spacial score (nSPS) is 18.1. The second kappa shape index (κ2) is 22.4. The predicted molar refractivity (Wildman–Crippen MR) is 280 cm³/mol. The number of aromatic nitrogens is 4. The Kier molecular flexibility index (Phi) is 17.7. The summed E-state index contributed by atoms with van der Waals surface area (Å²) in [6, 6.07) is 0. The van der Waals surface area contributed by atoms with Crippen molar-refractivity contribution < 1.29 is 33.6 Å². The molecule has 8 nitrogen and oxygen atoms in total. The third-order valence-corrected chi connectivity index (χ3v) is 14.2. The topological polar surface area (TPSA) is 106 Å². The molecule has 68 heavy (non-hydrogen) atoms. The number of hydrogen-bond acceptors (Lipinski definition) is 4. The summed E-state index contributed by atoms with van der Waals surface area (Å²) in [4.78, 5) is 38.1. The first-order valence-corrected chi connectivity index (χ1v) is 23.8. The van der Waals surface area contributed by atoms with Crippen molar-refractivity contribution in [2.75, 3.05) is 0 Å². The van der Waals surface area contributed by atoms with Crippen LogP contribution in [0.2, 0.25) is 0 Å². The summed E-state index contributed by atoms with van der Waals surface area (Å²) in [5.74, 6) is 0. The fourth-order valence-corrected chi connectivity index (χ4v) is 9.94. The SMILES string of the molecule is CCC1=C(C)C=N/C1=C/c1[n-]c(C)c(CC2=C(C)/C(=C/c3[n-]cc(C)c3CC)N=C2C)c1C.CCC1=C(C)C=N/C1=C/c1[n-]c(C)c(CC2=C(C)/C(=C\c3[n-]cc(C)c3CC)N=C2C)c1C.[Co+2].[Co+2]. The van der Waals surface area contributed by atoms with E-state index in [1.807, 2.05) is 24.8 Å². The fourth-order valence-electron chi connectivity index (χ4n) is 9.94. The maximum atomic E-state index is 4.91. The average molecular weight is 995 g/mol. The molecule has 0 fully saturated rings. The number of aryl methyl sites for hydroxylation is 4. The van der Waals surface area contributed by atoms with Gasteiger partial charge in [0.2, 0.25) is 0 Å². The first-order valence-electron chi connectivity index (χ1n) is 23.8. The molecule has 0 amide bonds. The van der Waals surface area contributed by atoms with Gasteiger partial charge in [-0.3, -0.25) is 20.0 Å². The van der Waals surface area contributed by atoms with Crippen molar-refractivity contribution in [1.29, 1.82) is 0 Å². The van der Waals surface area contributed by atoms with Crippen molar-refractivity contribution in [1.82, 2.24) is 19.9 Å². The summed E-state index contributed by atoms with van der Waals surface area (Å²) in [5.41, 5.74) is 33.1. The van der Waals surface area contributed by atoms with E-state index in [0.29, 0.717) is 0 Å². The second-order valence-corrected chi connectivity index (χ2v) is 18.3. The van der Waals surface area contributed by atoms with Gasteiger partial charge in [-0.1, -0.05) is 110 Å². The molecule has 8 heterocycles. The molecule has 4 aromatic rings. The summed E-state index contributed by atoms with van der Waals surface area (Å²) in [6.45, 7) is 34.4. The van der Waals surface area contributed by atoms with Gasteiger partial charge < -0.3 is 19.9 Å². The summed E-state index contributed by atoms with van der Waals surface area (Å²) < 4.78 is 0. The molecule has 0 N–H and O–H groups in total. The monoisotopic (exact) mass is 994 g/mol. The molecule has 0 atom stereocenters. The average Bonchev–Trinajstić information content (AvgIpc) is 4.17. The largest absolute Gasteiger partial charge is 2.00 e. The standard InChI is InChI=1S/2C29H34N4.2Co/c2*1-9-22-16(3)14-30-28(22)12-26-18(5)24(20(7)32-26)11-25-19(6)27(33-21(25)8)13-29-23(10-2)17(4)15-31-29;;/h2*12-15H,9-11H2,1-8H3;;/q2*-2;2*+2/b26-12+,29-13+;26-12-,29-13+;;. The van der Waals surface area contributed by atoms with Gasteiger partial charge in [0.05, 0.1) is 22.8 Å². The number of hydrogen-bond donors (Lipinski definition) is 0. The first-order chi connectivity index (χ1) is 31.5. The van der Waals surface area contributed by atoms with Crippen molar-refractivity contribution in [2.24, 2.45) is 20.0 Å². The summed E-state index contributed by atoms with van der Waals surface area (Å²) >= 11 is 0. The third-order valence-electron chi connectivity index (χ3n) is 14.2. The van der Waals surface area contributed by atoms with Crippen LogP contribution in [0.3, 0.4) is 0 Å². The van der Waals surface area contributed by atoms with Crippen LogP contribution < -0.4 is 19.9 Å². The number of allylic oxidation sites excluding steroid dienone is 8. The zero-order valence-corrected chi connectivity index (χ0v) is 45.2. The van der Waals surface area contributed by atoms with Gasteiger partial charge in [0.25, 0.3) is 0 Å². The van der Waals surface area contributed by atoms with E-state index in [2.05, 4.69) is 155 Å². The van der Waals surface area contributed by atoms with Crippen molar-refractivity contribution >= 4 is 48.2 Å². The predicted octanol–water partition coefficient (Wildman–Crippen LogP) is 13.2. The van der Waals surface area contributed by atoms with E-state index in [9.17, 15) is 0 Å². The molecular weight excluding hydrogens is 927 g/mol. The van der Waals surface area contributed by atoms with Crippen LogP contribution in [0.1, 0.15) is 161 Å². The van der Waals surface area contributed by atoms with Gasteiger partial charge in [0.1, 0.15) is 0 Å². The van der Waals surface area contributed by atoms with Crippen molar-refractivity contribution in [3.63, 3.8) is 0 Å². The van der Waals surface area contributed by atoms with Crippen LogP contribution in [-0.4, -0.2) is 23.9 Å². The number of rotatable bonds is 12. The smallest absolute Gasteiger partial charge is 0.664 e. The van der Waals surface area contributed by atoms with Gasteiger partial charge in [0.15, 0.2) is 0 Å². The van der Waals surface area contributed by atoms with E-state index in [1.54, 1.807) is 0 Å². The van der Waals surface area contributed by atoms with E-state index in [0.717, 1.165) is 107 Å². The van der Waals surface area contributed by atoms with Crippen LogP contribution in [-0.2, 0) is 59.2 Å². The van der Waals surface area contributed by atoms with Crippen molar-refractivity contribution in [3.05, 3.63) is 158 Å². The molecule has 2 radical (unpaired) electrons. The van der Waals surface area contributed by atoms with Crippen molar-refractivity contribution in [3.8, 4) is 0 Å². The molecule has 358 valence electrons. The Bertz CT molecular complexity index is 2810. The molecule has 0 unspecified atom stereocenters. The molecule has 0 bridgehead atoms. The van der Waals surface area contributed by atoms with Crippen molar-refractivity contribution in [2.45, 2.75) is 149 Å². The van der Waals surface area contributed by atoms with Gasteiger partial charge in [-0.2, -0.15) is 23.8 Å². The second-order valence-electron chi connectivity index (χ2n) is 18.3. The maximum absolute atomic E-state index is 4.91. The number of aliphatic imine (C=N–C) groups is 4. The maximum Gasteiger partial charge on any atom is 2.00 e. The zero-order valence-electron chi connectivity index (χ0n) is 43.1. The van der Waals surface area contributed by atoms with Crippen LogP contribution in [0.25, 0.3) is 24.3 Å². The van der Waals surface area contributed by atoms with E-state index in [-0.39, 0.29) is 33.6 Å². The van der Waals surface area contributed by atoms with Crippen LogP contribution in [0, 0.1) is 41.5 Å². The molecule has 4 aliphatic heterocycles. The van der Waals surface area contributed by atoms with Gasteiger partial charge in [-0.25, -0.2) is 0 Å². The van der Waals surface area contributed by atoms with Crippen LogP contribution in [0.4, 0.5) is 0 Å². The molecule has 0 aromatic carbocycles. The Labute approximate surface area is 426 Å². The molecule has 4 aromatic heterocycles. The van der Waals surface area contributed by atoms with Gasteiger partial charge >= 0.3 is 33.6 Å². The van der Waals surface area contributed by atoms with E-state index in [1.165, 1.54) is 89.1 Å². The first kappa shape index (κ1) is 53.7. The summed E-state index contributed by atoms with van der Waals surface area (Å²) in [7, 11) is 0. The molecule has 0 spiro atoms. The molecule has 0 saturated heterocycles. The molecule has 8 rings (SSSR count). The van der Waals surface area contributed by atoms with Gasteiger partial charge in [0, 0.05) is 23.9 Å². The van der Waals surface area contributed by atoms with Crippen LogP contribution in [0.15, 0.2) is 99.7 Å². The minimum atomic E-state index is 0. The molecule has 0 aliphatic carbocycles. The zero-order chi connectivity index (χ0) is 47.7. The van der Waals surface area contributed by atoms with E-state index < -0.39 is 0 Å². The Balaban J connectivity index is 0.000000247. The molecule has 4 aliphatic rings. The number of nitrogens with zero attached hydrogens (tertiary/aromatic N) is 8. The Morgan fingerprint density at radius 1 is 0.426 bits per heavy atom. The summed E-state index contributed by atoms with van der Waals surface area (Å²) in [5, 5.41) is 0. The van der Waals surface area contributed by atoms with Crippen LogP contribution >= 0.6 is 0 Å². The third kappa shape index (κ3) is 10.6. The van der Waals surface area contributed by atoms with Gasteiger partial charge in [-0.15, -0.1) is 22.8 Å². The Hall–Kier alpha value is -5.27. The van der Waals surface area contributed by atoms with Gasteiger partial charge in [-0.05, 0) is 152 Å². The molecule has 10 heteroatoms. The minimum absolute atomic E-state index is 0. The van der Waals surface area contributed by atoms with E-state index in [4.69, 9.17) is 20.0 Å². The summed E-state index contributed by atoms with van der Waals surface area (Å²) in [6.07, 6.45) is 22.1. The molecule has 0 saturated carbocycles. The Morgan fingerprint density at radius 2 is 0.779 bits per heavy atom. The van der Waals surface area contributed by atoms with Crippen LogP contribution in [0.5, 0.6) is 0 Å². The minimum Gasteiger partial charge on any atom is -0.664 e. The quantitative estimate of drug-likeness (QED) is 0.141. The molecular formula is C58H68Co2N8. The fraction of sp³-hybridized carbons (Fsp3) is 0.379. The van der Waals surface area contributed by atoms with E-state index >= 15 is 0 Å².